The Labute approximate surface area is 183 Å². The largest absolute Gasteiger partial charge is 0.459 e. The van der Waals surface area contributed by atoms with Crippen LogP contribution in [-0.4, -0.2) is 22.8 Å². The molecule has 1 aliphatic carbocycles. The first-order chi connectivity index (χ1) is 15.1. The van der Waals surface area contributed by atoms with E-state index in [4.69, 9.17) is 4.42 Å². The fourth-order valence-electron chi connectivity index (χ4n) is 4.17. The fourth-order valence-corrected chi connectivity index (χ4v) is 4.17. The minimum Gasteiger partial charge on any atom is -0.459 e. The Morgan fingerprint density at radius 3 is 2.35 bits per heavy atom. The molecule has 0 radical (unpaired) electrons. The third kappa shape index (κ3) is 5.05. The van der Waals surface area contributed by atoms with Crippen molar-refractivity contribution in [1.29, 1.82) is 0 Å². The van der Waals surface area contributed by atoms with Gasteiger partial charge < -0.3 is 14.6 Å². The van der Waals surface area contributed by atoms with Gasteiger partial charge in [0.25, 0.3) is 5.91 Å². The first-order valence-electron chi connectivity index (χ1n) is 10.9. The maximum absolute atomic E-state index is 13.6. The minimum absolute atomic E-state index is 0.147. The van der Waals surface area contributed by atoms with E-state index in [-0.39, 0.29) is 23.6 Å². The lowest BCUT2D eigenvalue weighted by Gasteiger charge is -2.32. The first kappa shape index (κ1) is 20.9. The summed E-state index contributed by atoms with van der Waals surface area (Å²) in [5.41, 5.74) is 2.84. The summed E-state index contributed by atoms with van der Waals surface area (Å²) in [5, 5.41) is 3.20. The van der Waals surface area contributed by atoms with Crippen LogP contribution in [0, 0.1) is 6.92 Å². The van der Waals surface area contributed by atoms with Gasteiger partial charge in [-0.2, -0.15) is 0 Å². The third-order valence-corrected chi connectivity index (χ3v) is 5.84. The van der Waals surface area contributed by atoms with Crippen molar-refractivity contribution in [1.82, 2.24) is 10.2 Å². The number of benzene rings is 2. The molecule has 1 saturated carbocycles. The molecule has 1 heterocycles. The maximum atomic E-state index is 13.6. The average molecular weight is 417 g/mol. The van der Waals surface area contributed by atoms with Gasteiger partial charge in [-0.05, 0) is 43.0 Å². The highest BCUT2D eigenvalue weighted by atomic mass is 16.3. The lowest BCUT2D eigenvalue weighted by atomic mass is 10.0. The Hall–Kier alpha value is -3.34. The van der Waals surface area contributed by atoms with E-state index < -0.39 is 6.04 Å². The number of nitrogens with zero attached hydrogens (tertiary/aromatic N) is 1. The van der Waals surface area contributed by atoms with Gasteiger partial charge in [0.2, 0.25) is 5.91 Å². The van der Waals surface area contributed by atoms with E-state index in [1.165, 1.54) is 6.26 Å². The Bertz CT molecular complexity index is 991. The van der Waals surface area contributed by atoms with Crippen LogP contribution in [0.15, 0.2) is 77.4 Å². The maximum Gasteiger partial charge on any atom is 0.290 e. The smallest absolute Gasteiger partial charge is 0.290 e. The number of aryl methyl sites for hydroxylation is 1. The van der Waals surface area contributed by atoms with Gasteiger partial charge in [-0.15, -0.1) is 0 Å². The summed E-state index contributed by atoms with van der Waals surface area (Å²) in [7, 11) is 0. The Morgan fingerprint density at radius 1 is 1.00 bits per heavy atom. The molecule has 0 aliphatic heterocycles. The summed E-state index contributed by atoms with van der Waals surface area (Å²) in [5.74, 6) is -0.228. The van der Waals surface area contributed by atoms with E-state index in [9.17, 15) is 9.59 Å². The lowest BCUT2D eigenvalue weighted by molar-refractivity contribution is -0.126. The van der Waals surface area contributed by atoms with Crippen LogP contribution in [-0.2, 0) is 11.3 Å². The summed E-state index contributed by atoms with van der Waals surface area (Å²) in [6.07, 6.45) is 5.69. The van der Waals surface area contributed by atoms with Crippen LogP contribution in [0.25, 0.3) is 0 Å². The molecule has 0 bridgehead atoms. The van der Waals surface area contributed by atoms with E-state index in [2.05, 4.69) is 5.32 Å². The molecule has 5 nitrogen and oxygen atoms in total. The lowest BCUT2D eigenvalue weighted by Crippen LogP contribution is -2.45. The van der Waals surface area contributed by atoms with Crippen LogP contribution in [0.5, 0.6) is 0 Å². The summed E-state index contributed by atoms with van der Waals surface area (Å²) < 4.78 is 5.41. The predicted octanol–water partition coefficient (Wildman–Crippen LogP) is 5.03. The van der Waals surface area contributed by atoms with Gasteiger partial charge in [0.15, 0.2) is 5.76 Å². The van der Waals surface area contributed by atoms with E-state index in [0.717, 1.165) is 42.4 Å². The normalized spacial score (nSPS) is 14.9. The quantitative estimate of drug-likeness (QED) is 0.588. The molecule has 31 heavy (non-hydrogen) atoms. The second kappa shape index (κ2) is 9.65. The molecule has 1 atom stereocenters. The van der Waals surface area contributed by atoms with Gasteiger partial charge in [0, 0.05) is 12.6 Å². The van der Waals surface area contributed by atoms with Crippen LogP contribution in [0.3, 0.4) is 0 Å². The standard InChI is InChI=1S/C26H28N2O3/c1-19-13-15-21(16-14-19)24(25(29)27-22-10-5-6-11-22)28(18-20-8-3-2-4-9-20)26(30)23-12-7-17-31-23/h2-4,7-9,12-17,22,24H,5-6,10-11,18H2,1H3,(H,27,29)/t24-/m1/s1. The van der Waals surface area contributed by atoms with Gasteiger partial charge in [0.1, 0.15) is 6.04 Å². The molecule has 0 unspecified atom stereocenters. The number of hydrogen-bond acceptors (Lipinski definition) is 3. The van der Waals surface area contributed by atoms with Crippen LogP contribution in [0.4, 0.5) is 0 Å². The second-order valence-electron chi connectivity index (χ2n) is 8.20. The summed E-state index contributed by atoms with van der Waals surface area (Å²) in [6, 6.07) is 20.3. The van der Waals surface area contributed by atoms with Crippen molar-refractivity contribution in [2.45, 2.75) is 51.2 Å². The molecule has 2 amide bonds. The number of carbonyl (C=O) groups is 2. The molecule has 3 aromatic rings. The van der Waals surface area contributed by atoms with Crippen molar-refractivity contribution >= 4 is 11.8 Å². The average Bonchev–Trinajstić information content (AvgIpc) is 3.49. The molecule has 160 valence electrons. The highest BCUT2D eigenvalue weighted by Crippen LogP contribution is 2.28. The summed E-state index contributed by atoms with van der Waals surface area (Å²) in [4.78, 5) is 28.7. The SMILES string of the molecule is Cc1ccc([C@H](C(=O)NC2CCCC2)N(Cc2ccccc2)C(=O)c2ccco2)cc1. The topological polar surface area (TPSA) is 62.6 Å². The molecular formula is C26H28N2O3. The van der Waals surface area contributed by atoms with E-state index in [0.29, 0.717) is 6.54 Å². The van der Waals surface area contributed by atoms with Gasteiger partial charge in [-0.3, -0.25) is 9.59 Å². The van der Waals surface area contributed by atoms with E-state index in [1.807, 2.05) is 61.5 Å². The summed E-state index contributed by atoms with van der Waals surface area (Å²) in [6.45, 7) is 2.31. The van der Waals surface area contributed by atoms with Crippen LogP contribution in [0.2, 0.25) is 0 Å². The van der Waals surface area contributed by atoms with Crippen molar-refractivity contribution < 1.29 is 14.0 Å². The molecule has 1 N–H and O–H groups in total. The predicted molar refractivity (Wildman–Crippen MR) is 119 cm³/mol. The molecule has 1 aromatic heterocycles. The molecule has 0 spiro atoms. The zero-order valence-corrected chi connectivity index (χ0v) is 17.8. The monoisotopic (exact) mass is 416 g/mol. The molecule has 0 saturated heterocycles. The highest BCUT2D eigenvalue weighted by Gasteiger charge is 2.34. The van der Waals surface area contributed by atoms with Gasteiger partial charge in [-0.25, -0.2) is 0 Å². The molecule has 2 aromatic carbocycles. The Balaban J connectivity index is 1.72. The fraction of sp³-hybridized carbons (Fsp3) is 0.308. The van der Waals surface area contributed by atoms with Crippen molar-refractivity contribution in [3.8, 4) is 0 Å². The number of hydrogen-bond donors (Lipinski definition) is 1. The molecular weight excluding hydrogens is 388 g/mol. The van der Waals surface area contributed by atoms with Crippen molar-refractivity contribution in [2.24, 2.45) is 0 Å². The van der Waals surface area contributed by atoms with Crippen LogP contribution < -0.4 is 5.32 Å². The molecule has 1 fully saturated rings. The van der Waals surface area contributed by atoms with Gasteiger partial charge >= 0.3 is 0 Å². The number of amides is 2. The first-order valence-corrected chi connectivity index (χ1v) is 10.9. The Kier molecular flexibility index (Phi) is 6.51. The van der Waals surface area contributed by atoms with E-state index >= 15 is 0 Å². The molecule has 4 rings (SSSR count). The second-order valence-corrected chi connectivity index (χ2v) is 8.20. The number of carbonyl (C=O) groups excluding carboxylic acids is 2. The van der Waals surface area contributed by atoms with Crippen molar-refractivity contribution in [3.63, 3.8) is 0 Å². The van der Waals surface area contributed by atoms with Crippen molar-refractivity contribution in [3.05, 3.63) is 95.4 Å². The number of rotatable bonds is 7. The van der Waals surface area contributed by atoms with Gasteiger partial charge in [-0.1, -0.05) is 73.0 Å². The van der Waals surface area contributed by atoms with Crippen LogP contribution >= 0.6 is 0 Å². The minimum atomic E-state index is -0.751. The number of furan rings is 1. The van der Waals surface area contributed by atoms with Gasteiger partial charge in [0.05, 0.1) is 6.26 Å². The third-order valence-electron chi connectivity index (χ3n) is 5.84. The summed E-state index contributed by atoms with van der Waals surface area (Å²) >= 11 is 0. The molecule has 5 heteroatoms. The van der Waals surface area contributed by atoms with Crippen molar-refractivity contribution in [2.75, 3.05) is 0 Å². The zero-order valence-electron chi connectivity index (χ0n) is 17.8. The zero-order chi connectivity index (χ0) is 21.6. The van der Waals surface area contributed by atoms with Crippen LogP contribution in [0.1, 0.15) is 59.0 Å². The highest BCUT2D eigenvalue weighted by molar-refractivity contribution is 5.96. The Morgan fingerprint density at radius 2 is 1.71 bits per heavy atom. The molecule has 1 aliphatic rings. The number of nitrogens with one attached hydrogen (secondary N) is 1. The van der Waals surface area contributed by atoms with E-state index in [1.54, 1.807) is 17.0 Å².